The first kappa shape index (κ1) is 10.7. The molecular formula is C7H9IO3. The molecule has 0 bridgehead atoms. The van der Waals surface area contributed by atoms with Gasteiger partial charge in [-0.05, 0) is 0 Å². The Kier molecular flexibility index (Phi) is 7.62. The highest BCUT2D eigenvalue weighted by atomic mass is 127. The van der Waals surface area contributed by atoms with Crippen LogP contribution in [0, 0.1) is 11.8 Å². The number of hydrogen-bond donors (Lipinski definition) is 0. The smallest absolute Gasteiger partial charge is 0.331 e. The van der Waals surface area contributed by atoms with Crippen LogP contribution in [-0.4, -0.2) is 30.7 Å². The molecule has 0 unspecified atom stereocenters. The van der Waals surface area contributed by atoms with Crippen molar-refractivity contribution in [3.05, 3.63) is 0 Å². The number of carbonyl (C=O) groups is 1. The normalized spacial score (nSPS) is 8.18. The summed E-state index contributed by atoms with van der Waals surface area (Å²) in [5, 5.41) is 0. The van der Waals surface area contributed by atoms with Crippen molar-refractivity contribution in [2.75, 3.05) is 24.8 Å². The van der Waals surface area contributed by atoms with Crippen molar-refractivity contribution in [3.63, 3.8) is 0 Å². The Labute approximate surface area is 79.6 Å². The van der Waals surface area contributed by atoms with Gasteiger partial charge in [-0.3, -0.25) is 0 Å². The predicted octanol–water partition coefficient (Wildman–Crippen LogP) is 0.614. The van der Waals surface area contributed by atoms with E-state index in [0.29, 0.717) is 0 Å². The molecule has 0 aromatic carbocycles. The minimum atomic E-state index is -0.374. The zero-order valence-electron chi connectivity index (χ0n) is 6.22. The van der Waals surface area contributed by atoms with Crippen molar-refractivity contribution >= 4 is 28.6 Å². The lowest BCUT2D eigenvalue weighted by Crippen LogP contribution is -2.10. The average Bonchev–Trinajstić information content (AvgIpc) is 2.04. The number of hydrogen-bond acceptors (Lipinski definition) is 3. The van der Waals surface area contributed by atoms with Gasteiger partial charge in [0, 0.05) is 0 Å². The summed E-state index contributed by atoms with van der Waals surface area (Å²) in [7, 11) is 1.32. The Morgan fingerprint density at radius 3 is 2.82 bits per heavy atom. The fourth-order valence-corrected chi connectivity index (χ4v) is 0.612. The highest BCUT2D eigenvalue weighted by Gasteiger charge is 1.96. The van der Waals surface area contributed by atoms with E-state index in [4.69, 9.17) is 4.74 Å². The standard InChI is InChI=1S/C7H9IO3/c1-10-7(9)6-11-5-3-2-4-8/h4-6H2,1H3. The molecule has 0 saturated carbocycles. The number of carbonyl (C=O) groups excluding carboxylic acids is 1. The second-order valence-electron chi connectivity index (χ2n) is 1.56. The summed E-state index contributed by atoms with van der Waals surface area (Å²) in [6.45, 7) is 0.268. The highest BCUT2D eigenvalue weighted by Crippen LogP contribution is 1.78. The van der Waals surface area contributed by atoms with Gasteiger partial charge in [0.15, 0.2) is 0 Å². The van der Waals surface area contributed by atoms with Crippen LogP contribution in [0.2, 0.25) is 0 Å². The zero-order chi connectivity index (χ0) is 8.53. The van der Waals surface area contributed by atoms with Crippen LogP contribution < -0.4 is 0 Å². The first-order valence-corrected chi connectivity index (χ1v) is 4.50. The lowest BCUT2D eigenvalue weighted by Gasteiger charge is -1.96. The number of methoxy groups -OCH3 is 1. The van der Waals surface area contributed by atoms with Gasteiger partial charge in [-0.2, -0.15) is 0 Å². The second-order valence-corrected chi connectivity index (χ2v) is 2.32. The van der Waals surface area contributed by atoms with E-state index in [9.17, 15) is 4.79 Å². The second kappa shape index (κ2) is 7.82. The lowest BCUT2D eigenvalue weighted by molar-refractivity contribution is -0.145. The van der Waals surface area contributed by atoms with Crippen LogP contribution in [0.4, 0.5) is 0 Å². The maximum Gasteiger partial charge on any atom is 0.331 e. The summed E-state index contributed by atoms with van der Waals surface area (Å²) in [4.78, 5) is 10.4. The maximum atomic E-state index is 10.4. The van der Waals surface area contributed by atoms with Crippen molar-refractivity contribution in [1.29, 1.82) is 0 Å². The summed E-state index contributed by atoms with van der Waals surface area (Å²) in [5.74, 6) is 5.15. The SMILES string of the molecule is COC(=O)COCC#CCI. The summed E-state index contributed by atoms with van der Waals surface area (Å²) in [5.41, 5.74) is 0. The van der Waals surface area contributed by atoms with E-state index in [0.717, 1.165) is 4.43 Å². The Morgan fingerprint density at radius 2 is 2.27 bits per heavy atom. The Hall–Kier alpha value is -0.280. The minimum absolute atomic E-state index is 0.0214. The van der Waals surface area contributed by atoms with Gasteiger partial charge < -0.3 is 9.47 Å². The van der Waals surface area contributed by atoms with Crippen LogP contribution in [0.5, 0.6) is 0 Å². The molecule has 0 atom stereocenters. The minimum Gasteiger partial charge on any atom is -0.467 e. The number of rotatable bonds is 3. The maximum absolute atomic E-state index is 10.4. The zero-order valence-corrected chi connectivity index (χ0v) is 8.38. The molecule has 0 aliphatic rings. The summed E-state index contributed by atoms with van der Waals surface area (Å²) >= 11 is 2.14. The molecule has 11 heavy (non-hydrogen) atoms. The molecule has 0 saturated heterocycles. The van der Waals surface area contributed by atoms with Crippen LogP contribution in [0.1, 0.15) is 0 Å². The number of ether oxygens (including phenoxy) is 2. The molecule has 0 heterocycles. The number of alkyl halides is 1. The first-order valence-electron chi connectivity index (χ1n) is 2.97. The van der Waals surface area contributed by atoms with Gasteiger partial charge in [-0.25, -0.2) is 4.79 Å². The molecule has 0 aromatic heterocycles. The van der Waals surface area contributed by atoms with E-state index >= 15 is 0 Å². The molecule has 0 aliphatic heterocycles. The molecule has 3 nitrogen and oxygen atoms in total. The van der Waals surface area contributed by atoms with E-state index in [2.05, 4.69) is 39.2 Å². The molecule has 62 valence electrons. The van der Waals surface area contributed by atoms with E-state index < -0.39 is 0 Å². The molecule has 0 fully saturated rings. The summed E-state index contributed by atoms with van der Waals surface area (Å²) in [6.07, 6.45) is 0. The van der Waals surface area contributed by atoms with E-state index in [1.807, 2.05) is 0 Å². The molecule has 0 N–H and O–H groups in total. The monoisotopic (exact) mass is 268 g/mol. The van der Waals surface area contributed by atoms with Crippen molar-refractivity contribution in [3.8, 4) is 11.8 Å². The molecule has 4 heteroatoms. The topological polar surface area (TPSA) is 35.5 Å². The van der Waals surface area contributed by atoms with Gasteiger partial charge in [-0.15, -0.1) is 0 Å². The first-order chi connectivity index (χ1) is 5.31. The van der Waals surface area contributed by atoms with Gasteiger partial charge >= 0.3 is 5.97 Å². The third-order valence-corrected chi connectivity index (χ3v) is 1.20. The lowest BCUT2D eigenvalue weighted by atomic mass is 10.6. The highest BCUT2D eigenvalue weighted by molar-refractivity contribution is 14.1. The largest absolute Gasteiger partial charge is 0.467 e. The predicted molar refractivity (Wildman–Crippen MR) is 49.5 cm³/mol. The molecule has 0 aliphatic carbocycles. The molecule has 0 radical (unpaired) electrons. The van der Waals surface area contributed by atoms with E-state index in [1.54, 1.807) is 0 Å². The summed E-state index contributed by atoms with van der Waals surface area (Å²) in [6, 6.07) is 0. The van der Waals surface area contributed by atoms with Gasteiger partial charge in [0.2, 0.25) is 0 Å². The quantitative estimate of drug-likeness (QED) is 0.247. The third-order valence-electron chi connectivity index (χ3n) is 0.814. The molecular weight excluding hydrogens is 259 g/mol. The van der Waals surface area contributed by atoms with Gasteiger partial charge in [0.25, 0.3) is 0 Å². The van der Waals surface area contributed by atoms with Crippen LogP contribution >= 0.6 is 22.6 Å². The molecule has 0 amide bonds. The Bertz CT molecular complexity index is 168. The number of halogens is 1. The Balaban J connectivity index is 3.21. The van der Waals surface area contributed by atoms with Crippen molar-refractivity contribution in [2.45, 2.75) is 0 Å². The van der Waals surface area contributed by atoms with Gasteiger partial charge in [0.05, 0.1) is 11.5 Å². The number of esters is 1. The van der Waals surface area contributed by atoms with Crippen molar-refractivity contribution < 1.29 is 14.3 Å². The van der Waals surface area contributed by atoms with Gasteiger partial charge in [0.1, 0.15) is 13.2 Å². The van der Waals surface area contributed by atoms with E-state index in [-0.39, 0.29) is 19.2 Å². The Morgan fingerprint density at radius 1 is 1.55 bits per heavy atom. The van der Waals surface area contributed by atoms with Crippen molar-refractivity contribution in [1.82, 2.24) is 0 Å². The van der Waals surface area contributed by atoms with Gasteiger partial charge in [-0.1, -0.05) is 34.4 Å². The van der Waals surface area contributed by atoms with Crippen LogP contribution in [-0.2, 0) is 14.3 Å². The van der Waals surface area contributed by atoms with E-state index in [1.165, 1.54) is 7.11 Å². The third kappa shape index (κ3) is 7.62. The van der Waals surface area contributed by atoms with Crippen LogP contribution in [0.25, 0.3) is 0 Å². The van der Waals surface area contributed by atoms with Crippen molar-refractivity contribution in [2.24, 2.45) is 0 Å². The fourth-order valence-electron chi connectivity index (χ4n) is 0.343. The van der Waals surface area contributed by atoms with Crippen LogP contribution in [0.15, 0.2) is 0 Å². The average molecular weight is 268 g/mol. The molecule has 0 rings (SSSR count). The fraction of sp³-hybridized carbons (Fsp3) is 0.571. The van der Waals surface area contributed by atoms with Crippen LogP contribution in [0.3, 0.4) is 0 Å². The molecule has 0 spiro atoms. The summed E-state index contributed by atoms with van der Waals surface area (Å²) < 4.78 is 9.96. The molecule has 0 aromatic rings.